The SMILES string of the molecule is CCCc1nc(Br)c(CC(=O)O)[nH]1. The Morgan fingerprint density at radius 2 is 2.38 bits per heavy atom. The van der Waals surface area contributed by atoms with Crippen molar-refractivity contribution in [2.45, 2.75) is 26.2 Å². The lowest BCUT2D eigenvalue weighted by Crippen LogP contribution is -2.01. The first-order valence-corrected chi connectivity index (χ1v) is 4.87. The molecule has 5 heteroatoms. The number of halogens is 1. The molecule has 0 aromatic carbocycles. The van der Waals surface area contributed by atoms with Gasteiger partial charge in [-0.2, -0.15) is 0 Å². The summed E-state index contributed by atoms with van der Waals surface area (Å²) >= 11 is 3.21. The van der Waals surface area contributed by atoms with Crippen molar-refractivity contribution >= 4 is 21.9 Å². The number of aromatic amines is 1. The van der Waals surface area contributed by atoms with Crippen molar-refractivity contribution in [3.8, 4) is 0 Å². The summed E-state index contributed by atoms with van der Waals surface area (Å²) in [7, 11) is 0. The number of aromatic nitrogens is 2. The number of carboxylic acids is 1. The molecular weight excluding hydrogens is 236 g/mol. The van der Waals surface area contributed by atoms with E-state index in [0.29, 0.717) is 10.3 Å². The number of carboxylic acid groups (broad SMARTS) is 1. The first kappa shape index (κ1) is 10.2. The van der Waals surface area contributed by atoms with Crippen LogP contribution in [-0.2, 0) is 17.6 Å². The average Bonchev–Trinajstić information content (AvgIpc) is 2.31. The number of rotatable bonds is 4. The number of aliphatic carboxylic acids is 1. The fourth-order valence-electron chi connectivity index (χ4n) is 1.06. The number of aryl methyl sites for hydroxylation is 1. The minimum atomic E-state index is -0.854. The molecular formula is C8H11BrN2O2. The van der Waals surface area contributed by atoms with Gasteiger partial charge in [0.05, 0.1) is 12.1 Å². The van der Waals surface area contributed by atoms with E-state index in [4.69, 9.17) is 5.11 Å². The standard InChI is InChI=1S/C8H11BrN2O2/c1-2-3-6-10-5(4-7(12)13)8(9)11-6/h2-4H2,1H3,(H,10,11)(H,12,13). The van der Waals surface area contributed by atoms with Gasteiger partial charge in [-0.15, -0.1) is 0 Å². The molecule has 0 aliphatic carbocycles. The van der Waals surface area contributed by atoms with E-state index in [1.54, 1.807) is 0 Å². The summed E-state index contributed by atoms with van der Waals surface area (Å²) in [5.41, 5.74) is 0.635. The Labute approximate surface area is 84.5 Å². The van der Waals surface area contributed by atoms with Gasteiger partial charge in [0.25, 0.3) is 0 Å². The molecule has 0 aliphatic rings. The molecule has 4 nitrogen and oxygen atoms in total. The van der Waals surface area contributed by atoms with E-state index in [9.17, 15) is 4.79 Å². The van der Waals surface area contributed by atoms with E-state index in [2.05, 4.69) is 25.9 Å². The topological polar surface area (TPSA) is 66.0 Å². The molecule has 13 heavy (non-hydrogen) atoms. The van der Waals surface area contributed by atoms with E-state index in [-0.39, 0.29) is 6.42 Å². The summed E-state index contributed by atoms with van der Waals surface area (Å²) in [5.74, 6) is -0.0157. The molecule has 0 saturated carbocycles. The minimum absolute atomic E-state index is 0.0166. The van der Waals surface area contributed by atoms with Gasteiger partial charge in [-0.3, -0.25) is 4.79 Å². The van der Waals surface area contributed by atoms with Gasteiger partial charge in [0.2, 0.25) is 0 Å². The predicted octanol–water partition coefficient (Wildman–Crippen LogP) is 1.75. The molecule has 1 aromatic rings. The van der Waals surface area contributed by atoms with Crippen molar-refractivity contribution in [2.24, 2.45) is 0 Å². The highest BCUT2D eigenvalue weighted by atomic mass is 79.9. The Morgan fingerprint density at radius 1 is 1.69 bits per heavy atom. The van der Waals surface area contributed by atoms with Crippen LogP contribution in [0.25, 0.3) is 0 Å². The smallest absolute Gasteiger partial charge is 0.309 e. The second-order valence-electron chi connectivity index (χ2n) is 2.77. The van der Waals surface area contributed by atoms with Crippen LogP contribution in [0.4, 0.5) is 0 Å². The molecule has 2 N–H and O–H groups in total. The van der Waals surface area contributed by atoms with Crippen LogP contribution in [0, 0.1) is 0 Å². The summed E-state index contributed by atoms with van der Waals surface area (Å²) in [5, 5.41) is 8.56. The molecule has 0 unspecified atom stereocenters. The lowest BCUT2D eigenvalue weighted by Gasteiger charge is -1.91. The Morgan fingerprint density at radius 3 is 2.92 bits per heavy atom. The van der Waals surface area contributed by atoms with E-state index in [1.165, 1.54) is 0 Å². The Bertz CT molecular complexity index is 309. The molecule has 0 amide bonds. The zero-order valence-electron chi connectivity index (χ0n) is 7.30. The molecule has 0 radical (unpaired) electrons. The van der Waals surface area contributed by atoms with Crippen molar-refractivity contribution in [1.29, 1.82) is 0 Å². The molecule has 0 aliphatic heterocycles. The lowest BCUT2D eigenvalue weighted by atomic mass is 10.3. The van der Waals surface area contributed by atoms with Crippen molar-refractivity contribution < 1.29 is 9.90 Å². The number of nitrogens with one attached hydrogen (secondary N) is 1. The molecule has 0 saturated heterocycles. The zero-order valence-corrected chi connectivity index (χ0v) is 8.89. The van der Waals surface area contributed by atoms with Crippen molar-refractivity contribution in [1.82, 2.24) is 9.97 Å². The molecule has 0 fully saturated rings. The van der Waals surface area contributed by atoms with Crippen LogP contribution in [0.3, 0.4) is 0 Å². The summed E-state index contributed by atoms with van der Waals surface area (Å²) in [4.78, 5) is 17.5. The molecule has 0 spiro atoms. The van der Waals surface area contributed by atoms with E-state index >= 15 is 0 Å². The summed E-state index contributed by atoms with van der Waals surface area (Å²) in [6.07, 6.45) is 1.82. The van der Waals surface area contributed by atoms with Crippen molar-refractivity contribution in [3.05, 3.63) is 16.1 Å². The molecule has 1 aromatic heterocycles. The number of H-pyrrole nitrogens is 1. The van der Waals surface area contributed by atoms with Crippen molar-refractivity contribution in [3.63, 3.8) is 0 Å². The maximum atomic E-state index is 10.4. The normalized spacial score (nSPS) is 10.3. The highest BCUT2D eigenvalue weighted by Crippen LogP contribution is 2.14. The van der Waals surface area contributed by atoms with Crippen LogP contribution >= 0.6 is 15.9 Å². The molecule has 0 bridgehead atoms. The fourth-order valence-corrected chi connectivity index (χ4v) is 1.52. The number of carbonyl (C=O) groups is 1. The Balaban J connectivity index is 2.77. The average molecular weight is 247 g/mol. The molecule has 1 rings (SSSR count). The largest absolute Gasteiger partial charge is 0.481 e. The van der Waals surface area contributed by atoms with Gasteiger partial charge in [-0.25, -0.2) is 4.98 Å². The van der Waals surface area contributed by atoms with Crippen molar-refractivity contribution in [2.75, 3.05) is 0 Å². The Kier molecular flexibility index (Phi) is 3.48. The van der Waals surface area contributed by atoms with Gasteiger partial charge >= 0.3 is 5.97 Å². The van der Waals surface area contributed by atoms with E-state index in [1.807, 2.05) is 6.92 Å². The second kappa shape index (κ2) is 4.41. The fraction of sp³-hybridized carbons (Fsp3) is 0.500. The van der Waals surface area contributed by atoms with E-state index < -0.39 is 5.97 Å². The Hall–Kier alpha value is -0.840. The van der Waals surface area contributed by atoms with Crippen LogP contribution in [0.1, 0.15) is 24.9 Å². The van der Waals surface area contributed by atoms with Gasteiger partial charge in [0.1, 0.15) is 10.4 Å². The molecule has 0 atom stereocenters. The number of imidazole rings is 1. The second-order valence-corrected chi connectivity index (χ2v) is 3.52. The third-order valence-corrected chi connectivity index (χ3v) is 2.25. The third kappa shape index (κ3) is 2.84. The van der Waals surface area contributed by atoms with Crippen LogP contribution in [-0.4, -0.2) is 21.0 Å². The first-order chi connectivity index (χ1) is 6.13. The van der Waals surface area contributed by atoms with E-state index in [0.717, 1.165) is 18.7 Å². The highest BCUT2D eigenvalue weighted by Gasteiger charge is 2.10. The van der Waals surface area contributed by atoms with Crippen LogP contribution in [0.2, 0.25) is 0 Å². The summed E-state index contributed by atoms with van der Waals surface area (Å²) in [6, 6.07) is 0. The van der Waals surface area contributed by atoms with Crippen LogP contribution < -0.4 is 0 Å². The number of hydrogen-bond acceptors (Lipinski definition) is 2. The van der Waals surface area contributed by atoms with Crippen LogP contribution in [0.5, 0.6) is 0 Å². The zero-order chi connectivity index (χ0) is 9.84. The lowest BCUT2D eigenvalue weighted by molar-refractivity contribution is -0.136. The van der Waals surface area contributed by atoms with Gasteiger partial charge in [0, 0.05) is 6.42 Å². The third-order valence-electron chi connectivity index (χ3n) is 1.59. The highest BCUT2D eigenvalue weighted by molar-refractivity contribution is 9.10. The van der Waals surface area contributed by atoms with Gasteiger partial charge in [0.15, 0.2) is 0 Å². The number of nitrogens with zero attached hydrogens (tertiary/aromatic N) is 1. The predicted molar refractivity (Wildman–Crippen MR) is 51.6 cm³/mol. The van der Waals surface area contributed by atoms with Crippen LogP contribution in [0.15, 0.2) is 4.60 Å². The van der Waals surface area contributed by atoms with Gasteiger partial charge < -0.3 is 10.1 Å². The minimum Gasteiger partial charge on any atom is -0.481 e. The van der Waals surface area contributed by atoms with Gasteiger partial charge in [-0.1, -0.05) is 6.92 Å². The quantitative estimate of drug-likeness (QED) is 0.851. The monoisotopic (exact) mass is 246 g/mol. The maximum Gasteiger partial charge on any atom is 0.309 e. The molecule has 1 heterocycles. The first-order valence-electron chi connectivity index (χ1n) is 4.08. The summed E-state index contributed by atoms with van der Waals surface area (Å²) < 4.78 is 0.610. The van der Waals surface area contributed by atoms with Gasteiger partial charge in [-0.05, 0) is 22.4 Å². The molecule has 72 valence electrons. The summed E-state index contributed by atoms with van der Waals surface area (Å²) in [6.45, 7) is 2.05. The number of hydrogen-bond donors (Lipinski definition) is 2. The maximum absolute atomic E-state index is 10.4.